The van der Waals surface area contributed by atoms with Crippen molar-refractivity contribution in [1.29, 1.82) is 0 Å². The maximum atomic E-state index is 5.72. The number of hydrogen-bond acceptors (Lipinski definition) is 2. The first-order chi connectivity index (χ1) is 9.10. The maximum absolute atomic E-state index is 5.72. The number of nitrogens with one attached hydrogen (secondary N) is 1. The summed E-state index contributed by atoms with van der Waals surface area (Å²) in [5.74, 6) is 5.72. The second kappa shape index (κ2) is 7.17. The van der Waals surface area contributed by atoms with E-state index in [2.05, 4.69) is 90.2 Å². The quantitative estimate of drug-likeness (QED) is 0.371. The summed E-state index contributed by atoms with van der Waals surface area (Å²) in [6.45, 7) is 0. The molecule has 2 rings (SSSR count). The van der Waals surface area contributed by atoms with Crippen molar-refractivity contribution >= 4 is 54.5 Å². The van der Waals surface area contributed by atoms with Crippen molar-refractivity contribution in [3.05, 3.63) is 66.1 Å². The van der Waals surface area contributed by atoms with Crippen LogP contribution in [0.4, 0.5) is 0 Å². The van der Waals surface area contributed by atoms with E-state index in [1.54, 1.807) is 0 Å². The summed E-state index contributed by atoms with van der Waals surface area (Å²) in [7, 11) is 0. The van der Waals surface area contributed by atoms with E-state index in [4.69, 9.17) is 5.84 Å². The fourth-order valence-corrected chi connectivity index (χ4v) is 3.20. The molecule has 19 heavy (non-hydrogen) atoms. The van der Waals surface area contributed by atoms with Gasteiger partial charge >= 0.3 is 0 Å². The van der Waals surface area contributed by atoms with Crippen LogP contribution in [0, 0.1) is 3.57 Å². The topological polar surface area (TPSA) is 38.0 Å². The lowest BCUT2D eigenvalue weighted by molar-refractivity contribution is 0.549. The zero-order valence-electron chi connectivity index (χ0n) is 10.0. The lowest BCUT2D eigenvalue weighted by Gasteiger charge is -2.18. The van der Waals surface area contributed by atoms with Gasteiger partial charge in [-0.3, -0.25) is 11.3 Å². The molecule has 1 atom stereocenters. The molecule has 100 valence electrons. The van der Waals surface area contributed by atoms with Gasteiger partial charge in [-0.15, -0.1) is 0 Å². The number of rotatable bonds is 4. The molecule has 1 unspecified atom stereocenters. The molecule has 0 bridgehead atoms. The van der Waals surface area contributed by atoms with Crippen molar-refractivity contribution in [2.75, 3.05) is 0 Å². The zero-order chi connectivity index (χ0) is 13.8. The lowest BCUT2D eigenvalue weighted by atomic mass is 9.99. The van der Waals surface area contributed by atoms with Gasteiger partial charge in [0.05, 0.1) is 6.04 Å². The molecule has 0 saturated heterocycles. The molecule has 0 heterocycles. The predicted octanol–water partition coefficient (Wildman–Crippen LogP) is 4.56. The molecule has 0 fully saturated rings. The van der Waals surface area contributed by atoms with Crippen LogP contribution in [0.15, 0.2) is 51.4 Å². The molecular formula is C14H13Br2IN2. The van der Waals surface area contributed by atoms with E-state index in [0.717, 1.165) is 15.4 Å². The van der Waals surface area contributed by atoms with Gasteiger partial charge in [-0.25, -0.2) is 0 Å². The first-order valence-electron chi connectivity index (χ1n) is 5.75. The lowest BCUT2D eigenvalue weighted by Crippen LogP contribution is -2.29. The minimum absolute atomic E-state index is 0.0882. The molecule has 2 aromatic carbocycles. The van der Waals surface area contributed by atoms with E-state index in [1.165, 1.54) is 14.7 Å². The molecule has 0 aliphatic carbocycles. The highest BCUT2D eigenvalue weighted by Gasteiger charge is 2.14. The highest BCUT2D eigenvalue weighted by molar-refractivity contribution is 14.1. The smallest absolute Gasteiger partial charge is 0.0511 e. The summed E-state index contributed by atoms with van der Waals surface area (Å²) in [5, 5.41) is 0. The van der Waals surface area contributed by atoms with Crippen molar-refractivity contribution in [3.8, 4) is 0 Å². The Hall–Kier alpha value is 0.0500. The Morgan fingerprint density at radius 1 is 1.11 bits per heavy atom. The number of hydrazine groups is 1. The van der Waals surface area contributed by atoms with Crippen molar-refractivity contribution in [2.24, 2.45) is 5.84 Å². The Bertz CT molecular complexity index is 558. The average molecular weight is 496 g/mol. The van der Waals surface area contributed by atoms with Gasteiger partial charge in [-0.1, -0.05) is 44.0 Å². The average Bonchev–Trinajstić information content (AvgIpc) is 2.41. The molecule has 0 spiro atoms. The normalized spacial score (nSPS) is 12.4. The molecule has 2 aromatic rings. The van der Waals surface area contributed by atoms with Gasteiger partial charge in [0.25, 0.3) is 0 Å². The Morgan fingerprint density at radius 3 is 2.42 bits per heavy atom. The summed E-state index contributed by atoms with van der Waals surface area (Å²) in [5.41, 5.74) is 5.33. The molecule has 5 heteroatoms. The summed E-state index contributed by atoms with van der Waals surface area (Å²) < 4.78 is 3.36. The highest BCUT2D eigenvalue weighted by Crippen LogP contribution is 2.27. The second-order valence-electron chi connectivity index (χ2n) is 4.22. The first kappa shape index (κ1) is 15.4. The molecule has 0 aliphatic heterocycles. The minimum Gasteiger partial charge on any atom is -0.271 e. The van der Waals surface area contributed by atoms with Gasteiger partial charge in [0, 0.05) is 12.5 Å². The van der Waals surface area contributed by atoms with E-state index in [9.17, 15) is 0 Å². The van der Waals surface area contributed by atoms with Crippen molar-refractivity contribution in [2.45, 2.75) is 12.5 Å². The fraction of sp³-hybridized carbons (Fsp3) is 0.143. The van der Waals surface area contributed by atoms with Crippen molar-refractivity contribution in [1.82, 2.24) is 5.43 Å². The third-order valence-electron chi connectivity index (χ3n) is 2.89. The monoisotopic (exact) mass is 494 g/mol. The second-order valence-corrected chi connectivity index (χ2v) is 7.23. The summed E-state index contributed by atoms with van der Waals surface area (Å²) in [4.78, 5) is 0. The number of benzene rings is 2. The van der Waals surface area contributed by atoms with Crippen LogP contribution in [0.5, 0.6) is 0 Å². The van der Waals surface area contributed by atoms with Crippen molar-refractivity contribution < 1.29 is 0 Å². The molecule has 3 N–H and O–H groups in total. The Labute approximate surface area is 143 Å². The molecule has 0 radical (unpaired) electrons. The van der Waals surface area contributed by atoms with Crippen LogP contribution >= 0.6 is 54.5 Å². The van der Waals surface area contributed by atoms with Gasteiger partial charge in [0.15, 0.2) is 0 Å². The minimum atomic E-state index is 0.0882. The van der Waals surface area contributed by atoms with Crippen LogP contribution < -0.4 is 11.3 Å². The Kier molecular flexibility index (Phi) is 5.83. The summed E-state index contributed by atoms with van der Waals surface area (Å²) >= 11 is 9.35. The number of nitrogens with two attached hydrogens (primary N) is 1. The van der Waals surface area contributed by atoms with Gasteiger partial charge in [0.1, 0.15) is 0 Å². The fourth-order valence-electron chi connectivity index (χ4n) is 1.90. The van der Waals surface area contributed by atoms with E-state index in [1.807, 2.05) is 12.1 Å². The Morgan fingerprint density at radius 2 is 1.79 bits per heavy atom. The van der Waals surface area contributed by atoms with Crippen molar-refractivity contribution in [3.63, 3.8) is 0 Å². The molecule has 0 aromatic heterocycles. The van der Waals surface area contributed by atoms with Crippen LogP contribution in [0.2, 0.25) is 0 Å². The van der Waals surface area contributed by atoms with Gasteiger partial charge in [-0.2, -0.15) is 0 Å². The molecule has 0 aliphatic rings. The van der Waals surface area contributed by atoms with E-state index < -0.39 is 0 Å². The number of halogens is 3. The van der Waals surface area contributed by atoms with Crippen LogP contribution in [-0.4, -0.2) is 0 Å². The van der Waals surface area contributed by atoms with Gasteiger partial charge in [0.2, 0.25) is 0 Å². The third kappa shape index (κ3) is 4.26. The first-order valence-corrected chi connectivity index (χ1v) is 8.42. The van der Waals surface area contributed by atoms with Gasteiger partial charge < -0.3 is 0 Å². The van der Waals surface area contributed by atoms with Crippen LogP contribution in [0.3, 0.4) is 0 Å². The third-order valence-corrected chi connectivity index (χ3v) is 4.81. The molecule has 0 saturated carbocycles. The summed E-state index contributed by atoms with van der Waals surface area (Å²) in [6, 6.07) is 14.7. The maximum Gasteiger partial charge on any atom is 0.0511 e. The molecular weight excluding hydrogens is 483 g/mol. The summed E-state index contributed by atoms with van der Waals surface area (Å²) in [6.07, 6.45) is 0.850. The predicted molar refractivity (Wildman–Crippen MR) is 94.8 cm³/mol. The van der Waals surface area contributed by atoms with Crippen LogP contribution in [0.1, 0.15) is 17.2 Å². The van der Waals surface area contributed by atoms with E-state index >= 15 is 0 Å². The van der Waals surface area contributed by atoms with E-state index in [-0.39, 0.29) is 6.04 Å². The highest BCUT2D eigenvalue weighted by atomic mass is 127. The molecule has 0 amide bonds. The van der Waals surface area contributed by atoms with Crippen LogP contribution in [-0.2, 0) is 6.42 Å². The SMILES string of the molecule is NNC(Cc1ccc(Br)cc1)c1cc(I)ccc1Br. The largest absolute Gasteiger partial charge is 0.271 e. The standard InChI is InChI=1S/C14H13Br2IN2/c15-10-3-1-9(2-4-10)7-14(19-18)12-8-11(17)5-6-13(12)16/h1-6,8,14,19H,7,18H2. The Balaban J connectivity index is 2.24. The number of hydrogen-bond donors (Lipinski definition) is 2. The zero-order valence-corrected chi connectivity index (χ0v) is 15.4. The molecule has 2 nitrogen and oxygen atoms in total. The van der Waals surface area contributed by atoms with Gasteiger partial charge in [-0.05, 0) is 70.5 Å². The van der Waals surface area contributed by atoms with E-state index in [0.29, 0.717) is 0 Å². The van der Waals surface area contributed by atoms with Crippen LogP contribution in [0.25, 0.3) is 0 Å².